The average molecular weight is 308 g/mol. The first-order chi connectivity index (χ1) is 11.2. The van der Waals surface area contributed by atoms with Gasteiger partial charge in [-0.05, 0) is 29.8 Å². The van der Waals surface area contributed by atoms with Crippen molar-refractivity contribution >= 4 is 17.3 Å². The van der Waals surface area contributed by atoms with Crippen molar-refractivity contribution < 1.29 is 4.79 Å². The number of amides is 1. The van der Waals surface area contributed by atoms with Gasteiger partial charge in [0.05, 0.1) is 11.4 Å². The summed E-state index contributed by atoms with van der Waals surface area (Å²) in [6.07, 6.45) is 3.64. The molecule has 0 N–H and O–H groups in total. The molecule has 5 heteroatoms. The van der Waals surface area contributed by atoms with E-state index in [1.54, 1.807) is 4.90 Å². The lowest BCUT2D eigenvalue weighted by molar-refractivity contribution is -0.120. The monoisotopic (exact) mass is 308 g/mol. The maximum absolute atomic E-state index is 12.8. The third-order valence-corrected chi connectivity index (χ3v) is 4.79. The van der Waals surface area contributed by atoms with Crippen LogP contribution < -0.4 is 9.80 Å². The van der Waals surface area contributed by atoms with Crippen LogP contribution in [0, 0.1) is 0 Å². The van der Waals surface area contributed by atoms with E-state index >= 15 is 0 Å². The van der Waals surface area contributed by atoms with Gasteiger partial charge < -0.3 is 9.80 Å². The molecule has 0 radical (unpaired) electrons. The zero-order chi connectivity index (χ0) is 15.8. The number of hydrogen-bond acceptors (Lipinski definition) is 4. The molecular formula is C18H20N4O. The molecule has 0 aliphatic carbocycles. The lowest BCUT2D eigenvalue weighted by Gasteiger charge is -2.47. The van der Waals surface area contributed by atoms with Gasteiger partial charge in [0.25, 0.3) is 5.91 Å². The van der Waals surface area contributed by atoms with Crippen LogP contribution in [0.4, 0.5) is 11.4 Å². The Hall–Kier alpha value is -2.40. The molecule has 1 atom stereocenters. The standard InChI is InChI=1S/C18H20N4O/c1-20-15-4-2-3-5-16(15)22-11-10-21(13-17(22)18(20)23)12-14-6-8-19-9-7-14/h2-9,17H,10-13H2,1H3. The van der Waals surface area contributed by atoms with Crippen molar-refractivity contribution in [2.45, 2.75) is 12.6 Å². The van der Waals surface area contributed by atoms with Crippen molar-refractivity contribution in [3.8, 4) is 0 Å². The Morgan fingerprint density at radius 2 is 1.83 bits per heavy atom. The Balaban J connectivity index is 1.57. The Kier molecular flexibility index (Phi) is 3.50. The van der Waals surface area contributed by atoms with E-state index in [0.29, 0.717) is 0 Å². The fourth-order valence-corrected chi connectivity index (χ4v) is 3.56. The second kappa shape index (κ2) is 5.66. The number of carbonyl (C=O) groups excluding carboxylic acids is 1. The van der Waals surface area contributed by atoms with Gasteiger partial charge in [-0.25, -0.2) is 0 Å². The normalized spacial score (nSPS) is 21.1. The summed E-state index contributed by atoms with van der Waals surface area (Å²) in [5.74, 6) is 0.183. The number of aromatic nitrogens is 1. The third-order valence-electron chi connectivity index (χ3n) is 4.79. The van der Waals surface area contributed by atoms with Gasteiger partial charge in [-0.1, -0.05) is 12.1 Å². The number of nitrogens with zero attached hydrogens (tertiary/aromatic N) is 4. The second-order valence-corrected chi connectivity index (χ2v) is 6.19. The van der Waals surface area contributed by atoms with Gasteiger partial charge in [0.15, 0.2) is 0 Å². The molecule has 5 nitrogen and oxygen atoms in total. The minimum atomic E-state index is -0.0921. The average Bonchev–Trinajstić information content (AvgIpc) is 2.60. The zero-order valence-electron chi connectivity index (χ0n) is 13.2. The molecule has 2 aromatic rings. The molecule has 0 bridgehead atoms. The number of hydrogen-bond donors (Lipinski definition) is 0. The molecule has 1 aromatic heterocycles. The summed E-state index contributed by atoms with van der Waals surface area (Å²) in [6.45, 7) is 3.47. The van der Waals surface area contributed by atoms with Gasteiger partial charge >= 0.3 is 0 Å². The summed E-state index contributed by atoms with van der Waals surface area (Å²) in [4.78, 5) is 23.3. The summed E-state index contributed by atoms with van der Waals surface area (Å²) in [7, 11) is 1.88. The number of benzene rings is 1. The van der Waals surface area contributed by atoms with E-state index in [-0.39, 0.29) is 11.9 Å². The molecule has 1 unspecified atom stereocenters. The number of carbonyl (C=O) groups is 1. The largest absolute Gasteiger partial charge is 0.355 e. The summed E-state index contributed by atoms with van der Waals surface area (Å²) >= 11 is 0. The topological polar surface area (TPSA) is 39.7 Å². The first-order valence-corrected chi connectivity index (χ1v) is 7.98. The Bertz CT molecular complexity index is 718. The number of rotatable bonds is 2. The molecule has 118 valence electrons. The quantitative estimate of drug-likeness (QED) is 0.847. The van der Waals surface area contributed by atoms with Crippen LogP contribution in [-0.4, -0.2) is 48.5 Å². The van der Waals surface area contributed by atoms with Crippen LogP contribution in [0.5, 0.6) is 0 Å². The van der Waals surface area contributed by atoms with Gasteiger partial charge in [-0.3, -0.25) is 14.7 Å². The molecular weight excluding hydrogens is 288 g/mol. The number of para-hydroxylation sites is 2. The van der Waals surface area contributed by atoms with Crippen molar-refractivity contribution in [3.63, 3.8) is 0 Å². The summed E-state index contributed by atoms with van der Waals surface area (Å²) in [6, 6.07) is 12.2. The highest BCUT2D eigenvalue weighted by molar-refractivity contribution is 6.05. The van der Waals surface area contributed by atoms with Crippen molar-refractivity contribution in [2.75, 3.05) is 36.5 Å². The summed E-state index contributed by atoms with van der Waals surface area (Å²) in [5, 5.41) is 0. The van der Waals surface area contributed by atoms with Crippen LogP contribution in [0.2, 0.25) is 0 Å². The highest BCUT2D eigenvalue weighted by Gasteiger charge is 2.39. The van der Waals surface area contributed by atoms with Gasteiger partial charge in [-0.15, -0.1) is 0 Å². The van der Waals surface area contributed by atoms with Crippen LogP contribution in [0.15, 0.2) is 48.8 Å². The van der Waals surface area contributed by atoms with E-state index in [1.807, 2.05) is 49.8 Å². The van der Waals surface area contributed by atoms with E-state index < -0.39 is 0 Å². The van der Waals surface area contributed by atoms with Crippen LogP contribution in [0.1, 0.15) is 5.56 Å². The number of pyridine rings is 1. The van der Waals surface area contributed by atoms with E-state index in [4.69, 9.17) is 0 Å². The Morgan fingerprint density at radius 1 is 1.09 bits per heavy atom. The predicted octanol–water partition coefficient (Wildman–Crippen LogP) is 1.75. The molecule has 1 aromatic carbocycles. The number of fused-ring (bicyclic) bond motifs is 3. The van der Waals surface area contributed by atoms with E-state index in [9.17, 15) is 4.79 Å². The number of anilines is 2. The van der Waals surface area contributed by atoms with Gasteiger partial charge in [0.2, 0.25) is 0 Å². The molecule has 3 heterocycles. The van der Waals surface area contributed by atoms with Crippen molar-refractivity contribution in [3.05, 3.63) is 54.4 Å². The molecule has 4 rings (SSSR count). The highest BCUT2D eigenvalue weighted by atomic mass is 16.2. The number of piperazine rings is 1. The third kappa shape index (κ3) is 2.47. The van der Waals surface area contributed by atoms with Crippen LogP contribution in [0.25, 0.3) is 0 Å². The molecule has 0 spiro atoms. The smallest absolute Gasteiger partial charge is 0.250 e. The number of likely N-dealkylation sites (N-methyl/N-ethyl adjacent to an activating group) is 1. The van der Waals surface area contributed by atoms with Crippen molar-refractivity contribution in [1.82, 2.24) is 9.88 Å². The summed E-state index contributed by atoms with van der Waals surface area (Å²) < 4.78 is 0. The molecule has 23 heavy (non-hydrogen) atoms. The first-order valence-electron chi connectivity index (χ1n) is 7.98. The Labute approximate surface area is 136 Å². The molecule has 2 aliphatic heterocycles. The maximum Gasteiger partial charge on any atom is 0.250 e. The lowest BCUT2D eigenvalue weighted by atomic mass is 10.0. The molecule has 2 aliphatic rings. The minimum absolute atomic E-state index is 0.0921. The van der Waals surface area contributed by atoms with Gasteiger partial charge in [0.1, 0.15) is 6.04 Å². The minimum Gasteiger partial charge on any atom is -0.355 e. The summed E-state index contributed by atoms with van der Waals surface area (Å²) in [5.41, 5.74) is 3.42. The van der Waals surface area contributed by atoms with Crippen molar-refractivity contribution in [1.29, 1.82) is 0 Å². The van der Waals surface area contributed by atoms with Crippen molar-refractivity contribution in [2.24, 2.45) is 0 Å². The molecule has 1 saturated heterocycles. The molecule has 0 saturated carbocycles. The second-order valence-electron chi connectivity index (χ2n) is 6.19. The predicted molar refractivity (Wildman–Crippen MR) is 90.5 cm³/mol. The SMILES string of the molecule is CN1C(=O)C2CN(Cc3ccncc3)CCN2c2ccccc21. The van der Waals surface area contributed by atoms with E-state index in [0.717, 1.165) is 31.9 Å². The fourth-order valence-electron chi connectivity index (χ4n) is 3.56. The highest BCUT2D eigenvalue weighted by Crippen LogP contribution is 2.36. The van der Waals surface area contributed by atoms with Gasteiger partial charge in [-0.2, -0.15) is 0 Å². The maximum atomic E-state index is 12.8. The van der Waals surface area contributed by atoms with E-state index in [2.05, 4.69) is 20.9 Å². The van der Waals surface area contributed by atoms with E-state index in [1.165, 1.54) is 11.3 Å². The molecule has 1 amide bonds. The fraction of sp³-hybridized carbons (Fsp3) is 0.333. The van der Waals surface area contributed by atoms with Gasteiger partial charge in [0, 0.05) is 45.6 Å². The lowest BCUT2D eigenvalue weighted by Crippen LogP contribution is -2.61. The Morgan fingerprint density at radius 3 is 2.61 bits per heavy atom. The zero-order valence-corrected chi connectivity index (χ0v) is 13.2. The van der Waals surface area contributed by atoms with Crippen LogP contribution in [0.3, 0.4) is 0 Å². The van der Waals surface area contributed by atoms with Crippen LogP contribution in [-0.2, 0) is 11.3 Å². The molecule has 1 fully saturated rings. The first kappa shape index (κ1) is 14.2. The van der Waals surface area contributed by atoms with Crippen LogP contribution >= 0.6 is 0 Å².